The molecule has 6 rings (SSSR count). The predicted octanol–water partition coefficient (Wildman–Crippen LogP) is 4.82. The number of H-pyrrole nitrogens is 2. The van der Waals surface area contributed by atoms with Gasteiger partial charge in [-0.1, -0.05) is 12.5 Å². The minimum absolute atomic E-state index is 0.194. The number of halogens is 3. The molecule has 38 heavy (non-hydrogen) atoms. The van der Waals surface area contributed by atoms with Crippen molar-refractivity contribution in [2.75, 3.05) is 35.8 Å². The molecule has 2 aliphatic heterocycles. The Morgan fingerprint density at radius 3 is 2.47 bits per heavy atom. The van der Waals surface area contributed by atoms with Gasteiger partial charge in [-0.15, -0.1) is 0 Å². The first-order valence-electron chi connectivity index (χ1n) is 12.7. The molecule has 0 saturated carbocycles. The first-order chi connectivity index (χ1) is 18.2. The van der Waals surface area contributed by atoms with E-state index in [1.165, 1.54) is 44.5 Å². The molecule has 2 aromatic heterocycles. The summed E-state index contributed by atoms with van der Waals surface area (Å²) < 4.78 is 64.2. The van der Waals surface area contributed by atoms with Crippen molar-refractivity contribution in [3.63, 3.8) is 0 Å². The number of piperidine rings is 2. The Balaban J connectivity index is 1.26. The standard InChI is InChI=1S/C25H28F3N7O2S/c26-25(27,28)38(36,37)33-20-6-4-5-19-22(20)23(32-31-19)24-29-18-8-7-17(15-21(18)30-24)35-13-9-16(10-14-35)34-11-2-1-3-12-34/h4-8,15-16,33H,1-3,9-14H2,(H,29,30)(H,31,32). The van der Waals surface area contributed by atoms with Crippen LogP contribution in [0.1, 0.15) is 32.1 Å². The van der Waals surface area contributed by atoms with E-state index in [9.17, 15) is 21.6 Å². The molecule has 4 heterocycles. The van der Waals surface area contributed by atoms with Crippen molar-refractivity contribution < 1.29 is 21.6 Å². The third-order valence-electron chi connectivity index (χ3n) is 7.56. The van der Waals surface area contributed by atoms with Gasteiger partial charge in [-0.05, 0) is 69.1 Å². The van der Waals surface area contributed by atoms with E-state index < -0.39 is 15.5 Å². The van der Waals surface area contributed by atoms with Crippen LogP contribution in [0.15, 0.2) is 36.4 Å². The van der Waals surface area contributed by atoms with Gasteiger partial charge >= 0.3 is 15.5 Å². The van der Waals surface area contributed by atoms with Crippen LogP contribution in [0.3, 0.4) is 0 Å². The summed E-state index contributed by atoms with van der Waals surface area (Å²) >= 11 is 0. The van der Waals surface area contributed by atoms with Crippen molar-refractivity contribution in [2.24, 2.45) is 0 Å². The van der Waals surface area contributed by atoms with Gasteiger partial charge in [-0.3, -0.25) is 9.82 Å². The van der Waals surface area contributed by atoms with Crippen molar-refractivity contribution in [3.05, 3.63) is 36.4 Å². The molecule has 2 aromatic carbocycles. The fraction of sp³-hybridized carbons (Fsp3) is 0.440. The Bertz CT molecular complexity index is 1570. The van der Waals surface area contributed by atoms with E-state index in [4.69, 9.17) is 0 Å². The number of rotatable bonds is 5. The molecule has 0 amide bonds. The predicted molar refractivity (Wildman–Crippen MR) is 140 cm³/mol. The van der Waals surface area contributed by atoms with E-state index in [0.717, 1.165) is 37.1 Å². The number of aromatic amines is 2. The lowest BCUT2D eigenvalue weighted by atomic mass is 9.99. The highest BCUT2D eigenvalue weighted by molar-refractivity contribution is 7.93. The number of nitrogens with zero attached hydrogens (tertiary/aromatic N) is 4. The second-order valence-corrected chi connectivity index (χ2v) is 11.6. The molecular formula is C25H28F3N7O2S. The highest BCUT2D eigenvalue weighted by Gasteiger charge is 2.46. The number of hydrogen-bond acceptors (Lipinski definition) is 6. The van der Waals surface area contributed by atoms with Crippen LogP contribution in [-0.4, -0.2) is 71.2 Å². The van der Waals surface area contributed by atoms with E-state index in [1.54, 1.807) is 10.8 Å². The zero-order valence-corrected chi connectivity index (χ0v) is 21.4. The average molecular weight is 548 g/mol. The number of benzene rings is 2. The van der Waals surface area contributed by atoms with Gasteiger partial charge in [-0.25, -0.2) is 4.98 Å². The van der Waals surface area contributed by atoms with Gasteiger partial charge in [0.1, 0.15) is 5.69 Å². The van der Waals surface area contributed by atoms with Gasteiger partial charge in [0.2, 0.25) is 0 Å². The lowest BCUT2D eigenvalue weighted by Crippen LogP contribution is -2.46. The SMILES string of the molecule is O=S(=O)(Nc1cccc2[nH]nc(-c3nc4ccc(N5CCC(N6CCCCC6)CC5)cc4[nH]3)c12)C(F)(F)F. The zero-order valence-electron chi connectivity index (χ0n) is 20.6. The van der Waals surface area contributed by atoms with Crippen molar-refractivity contribution in [1.29, 1.82) is 0 Å². The van der Waals surface area contributed by atoms with Crippen molar-refractivity contribution in [3.8, 4) is 11.5 Å². The number of likely N-dealkylation sites (tertiary alicyclic amines) is 1. The van der Waals surface area contributed by atoms with Crippen molar-refractivity contribution in [1.82, 2.24) is 25.1 Å². The van der Waals surface area contributed by atoms with E-state index in [1.807, 2.05) is 18.2 Å². The van der Waals surface area contributed by atoms with E-state index in [2.05, 4.69) is 30.0 Å². The Hall–Kier alpha value is -3.32. The van der Waals surface area contributed by atoms with E-state index in [0.29, 0.717) is 22.9 Å². The van der Waals surface area contributed by atoms with Crippen LogP contribution in [0.5, 0.6) is 0 Å². The summed E-state index contributed by atoms with van der Waals surface area (Å²) in [5.41, 5.74) is -2.56. The maximum Gasteiger partial charge on any atom is 0.516 e. The van der Waals surface area contributed by atoms with Crippen LogP contribution < -0.4 is 9.62 Å². The summed E-state index contributed by atoms with van der Waals surface area (Å²) in [6, 6.07) is 10.9. The molecule has 2 fully saturated rings. The number of aromatic nitrogens is 4. The number of anilines is 2. The second-order valence-electron chi connectivity index (χ2n) is 9.95. The van der Waals surface area contributed by atoms with Crippen LogP contribution in [0.25, 0.3) is 33.5 Å². The van der Waals surface area contributed by atoms with Gasteiger partial charge in [0.25, 0.3) is 0 Å². The molecule has 4 aromatic rings. The number of hydrogen-bond donors (Lipinski definition) is 3. The molecule has 2 aliphatic rings. The molecular weight excluding hydrogens is 519 g/mol. The summed E-state index contributed by atoms with van der Waals surface area (Å²) in [4.78, 5) is 12.8. The number of fused-ring (bicyclic) bond motifs is 2. The number of sulfonamides is 1. The van der Waals surface area contributed by atoms with Crippen molar-refractivity contribution >= 4 is 43.3 Å². The van der Waals surface area contributed by atoms with Gasteiger partial charge < -0.3 is 14.8 Å². The Morgan fingerprint density at radius 2 is 1.74 bits per heavy atom. The second kappa shape index (κ2) is 9.45. The molecule has 3 N–H and O–H groups in total. The largest absolute Gasteiger partial charge is 0.516 e. The van der Waals surface area contributed by atoms with E-state index in [-0.39, 0.29) is 16.8 Å². The maximum absolute atomic E-state index is 13.0. The smallest absolute Gasteiger partial charge is 0.371 e. The quantitative estimate of drug-likeness (QED) is 0.331. The monoisotopic (exact) mass is 547 g/mol. The minimum atomic E-state index is -5.60. The van der Waals surface area contributed by atoms with Crippen LogP contribution >= 0.6 is 0 Å². The molecule has 0 radical (unpaired) electrons. The Labute approximate surface area is 217 Å². The van der Waals surface area contributed by atoms with Gasteiger partial charge in [0.05, 0.1) is 27.6 Å². The summed E-state index contributed by atoms with van der Waals surface area (Å²) in [5, 5.41) is 7.17. The molecule has 9 nitrogen and oxygen atoms in total. The highest BCUT2D eigenvalue weighted by Crippen LogP contribution is 2.35. The summed E-state index contributed by atoms with van der Waals surface area (Å²) in [6.45, 7) is 4.35. The lowest BCUT2D eigenvalue weighted by Gasteiger charge is -2.41. The normalized spacial score (nSPS) is 18.4. The van der Waals surface area contributed by atoms with Gasteiger partial charge in [0, 0.05) is 24.8 Å². The lowest BCUT2D eigenvalue weighted by molar-refractivity contribution is -0.0429. The van der Waals surface area contributed by atoms with Crippen LogP contribution in [0, 0.1) is 0 Å². The number of imidazole rings is 1. The molecule has 202 valence electrons. The summed E-state index contributed by atoms with van der Waals surface area (Å²) in [7, 11) is -5.60. The molecule has 0 spiro atoms. The average Bonchev–Trinajstić information content (AvgIpc) is 3.53. The highest BCUT2D eigenvalue weighted by atomic mass is 32.2. The fourth-order valence-corrected chi connectivity index (χ4v) is 6.19. The first kappa shape index (κ1) is 25.0. The number of alkyl halides is 3. The summed E-state index contributed by atoms with van der Waals surface area (Å²) in [6.07, 6.45) is 6.17. The summed E-state index contributed by atoms with van der Waals surface area (Å²) in [5.74, 6) is 0.325. The molecule has 0 unspecified atom stereocenters. The molecule has 13 heteroatoms. The van der Waals surface area contributed by atoms with Crippen LogP contribution in [-0.2, 0) is 10.0 Å². The van der Waals surface area contributed by atoms with Gasteiger partial charge in [0.15, 0.2) is 5.82 Å². The minimum Gasteiger partial charge on any atom is -0.371 e. The molecule has 0 aliphatic carbocycles. The third-order valence-corrected chi connectivity index (χ3v) is 8.66. The fourth-order valence-electron chi connectivity index (χ4n) is 5.61. The zero-order chi connectivity index (χ0) is 26.5. The Kier molecular flexibility index (Phi) is 6.22. The topological polar surface area (TPSA) is 110 Å². The van der Waals surface area contributed by atoms with Crippen molar-refractivity contribution in [2.45, 2.75) is 43.7 Å². The molecule has 2 saturated heterocycles. The van der Waals surface area contributed by atoms with Crippen LogP contribution in [0.2, 0.25) is 0 Å². The third kappa shape index (κ3) is 4.57. The first-order valence-corrected chi connectivity index (χ1v) is 14.2. The van der Waals surface area contributed by atoms with Crippen LogP contribution in [0.4, 0.5) is 24.5 Å². The Morgan fingerprint density at radius 1 is 0.974 bits per heavy atom. The molecule has 0 bridgehead atoms. The van der Waals surface area contributed by atoms with Gasteiger partial charge in [-0.2, -0.15) is 26.7 Å². The van der Waals surface area contributed by atoms with E-state index >= 15 is 0 Å². The maximum atomic E-state index is 13.0. The number of nitrogens with one attached hydrogen (secondary N) is 3. The molecule has 0 atom stereocenters.